The van der Waals surface area contributed by atoms with Gasteiger partial charge in [0.25, 0.3) is 0 Å². The normalized spacial score (nSPS) is 21.1. The average molecular weight is 392 g/mol. The van der Waals surface area contributed by atoms with Crippen LogP contribution in [0.15, 0.2) is 29.7 Å². The van der Waals surface area contributed by atoms with Crippen LogP contribution in [-0.2, 0) is 19.9 Å². The molecule has 1 fully saturated rings. The van der Waals surface area contributed by atoms with E-state index in [-0.39, 0.29) is 17.4 Å². The van der Waals surface area contributed by atoms with Gasteiger partial charge in [-0.05, 0) is 36.1 Å². The molecule has 0 aromatic heterocycles. The van der Waals surface area contributed by atoms with Crippen LogP contribution in [-0.4, -0.2) is 45.2 Å². The molecule has 1 aliphatic heterocycles. The Bertz CT molecular complexity index is 799. The predicted octanol–water partition coefficient (Wildman–Crippen LogP) is 2.79. The van der Waals surface area contributed by atoms with Crippen LogP contribution in [0.1, 0.15) is 25.8 Å². The Labute approximate surface area is 149 Å². The molecule has 1 heterocycles. The fourth-order valence-corrected chi connectivity index (χ4v) is 6.18. The zero-order valence-corrected chi connectivity index (χ0v) is 16.1. The summed E-state index contributed by atoms with van der Waals surface area (Å²) in [5.41, 5.74) is 0.714. The summed E-state index contributed by atoms with van der Waals surface area (Å²) in [6.45, 7) is 4.12. The molecule has 0 radical (unpaired) electrons. The first-order chi connectivity index (χ1) is 11.1. The minimum absolute atomic E-state index is 0.0443. The van der Waals surface area contributed by atoms with Gasteiger partial charge in [0.15, 0.2) is 9.84 Å². The highest BCUT2D eigenvalue weighted by molar-refractivity contribution is 7.93. The number of hydrogen-bond donors (Lipinski definition) is 0. The zero-order valence-electron chi connectivity index (χ0n) is 13.7. The molecule has 0 N–H and O–H groups in total. The van der Waals surface area contributed by atoms with Crippen molar-refractivity contribution in [2.45, 2.75) is 26.3 Å². The van der Waals surface area contributed by atoms with Gasteiger partial charge in [-0.3, -0.25) is 0 Å². The molecular formula is C16H22ClNO4S2. The summed E-state index contributed by atoms with van der Waals surface area (Å²) in [5, 5.41) is 1.72. The molecule has 1 atom stereocenters. The summed E-state index contributed by atoms with van der Waals surface area (Å²) in [5.74, 6) is 0.0446. The molecule has 0 spiro atoms. The SMILES string of the molecule is CC(C)CN(C1CCS(=O)(=O)C1)S(=O)(=O)/C=C/c1ccc(Cl)cc1. The van der Waals surface area contributed by atoms with E-state index in [0.717, 1.165) is 5.41 Å². The highest BCUT2D eigenvalue weighted by Gasteiger charge is 2.37. The summed E-state index contributed by atoms with van der Waals surface area (Å²) < 4.78 is 50.2. The number of nitrogens with zero attached hydrogens (tertiary/aromatic N) is 1. The maximum atomic E-state index is 12.7. The highest BCUT2D eigenvalue weighted by atomic mass is 35.5. The molecule has 1 unspecified atom stereocenters. The lowest BCUT2D eigenvalue weighted by Crippen LogP contribution is -2.42. The molecule has 1 aromatic rings. The van der Waals surface area contributed by atoms with Gasteiger partial charge in [0.05, 0.1) is 11.5 Å². The standard InChI is InChI=1S/C16H22ClNO4S2/c1-13(2)11-18(16-8-9-23(19,20)12-16)24(21,22)10-7-14-3-5-15(17)6-4-14/h3-7,10,13,16H,8-9,11-12H2,1-2H3/b10-7+. The fourth-order valence-electron chi connectivity index (χ4n) is 2.64. The molecule has 134 valence electrons. The Morgan fingerprint density at radius 1 is 1.29 bits per heavy atom. The fraction of sp³-hybridized carbons (Fsp3) is 0.500. The minimum atomic E-state index is -3.70. The van der Waals surface area contributed by atoms with Crippen molar-refractivity contribution in [3.05, 3.63) is 40.3 Å². The Balaban J connectivity index is 2.25. The lowest BCUT2D eigenvalue weighted by atomic mass is 10.2. The molecule has 1 aromatic carbocycles. The van der Waals surface area contributed by atoms with Crippen LogP contribution < -0.4 is 0 Å². The smallest absolute Gasteiger partial charge is 0.229 e. The number of hydrogen-bond acceptors (Lipinski definition) is 4. The molecule has 1 aliphatic rings. The number of sulfone groups is 1. The van der Waals surface area contributed by atoms with Crippen LogP contribution in [0.4, 0.5) is 0 Å². The first-order valence-electron chi connectivity index (χ1n) is 7.75. The van der Waals surface area contributed by atoms with Gasteiger partial charge in [0, 0.05) is 23.0 Å². The number of sulfonamides is 1. The molecule has 0 aliphatic carbocycles. The first kappa shape index (κ1) is 19.4. The Kier molecular flexibility index (Phi) is 6.12. The Morgan fingerprint density at radius 2 is 1.92 bits per heavy atom. The van der Waals surface area contributed by atoms with Crippen molar-refractivity contribution in [2.24, 2.45) is 5.92 Å². The van der Waals surface area contributed by atoms with Crippen molar-refractivity contribution in [3.63, 3.8) is 0 Å². The van der Waals surface area contributed by atoms with Crippen LogP contribution >= 0.6 is 11.6 Å². The van der Waals surface area contributed by atoms with E-state index < -0.39 is 25.9 Å². The van der Waals surface area contributed by atoms with Crippen molar-refractivity contribution in [3.8, 4) is 0 Å². The molecule has 24 heavy (non-hydrogen) atoms. The second-order valence-corrected chi connectivity index (χ2v) is 10.9. The summed E-state index contributed by atoms with van der Waals surface area (Å²) >= 11 is 5.81. The number of rotatable bonds is 6. The highest BCUT2D eigenvalue weighted by Crippen LogP contribution is 2.23. The molecule has 1 saturated heterocycles. The summed E-state index contributed by atoms with van der Waals surface area (Å²) in [6.07, 6.45) is 1.85. The van der Waals surface area contributed by atoms with Crippen LogP contribution in [0.25, 0.3) is 6.08 Å². The van der Waals surface area contributed by atoms with E-state index in [4.69, 9.17) is 11.6 Å². The Morgan fingerprint density at radius 3 is 2.42 bits per heavy atom. The lowest BCUT2D eigenvalue weighted by Gasteiger charge is -2.27. The van der Waals surface area contributed by atoms with E-state index in [2.05, 4.69) is 0 Å². The van der Waals surface area contributed by atoms with Gasteiger partial charge in [-0.15, -0.1) is 0 Å². The molecule has 0 saturated carbocycles. The molecule has 8 heteroatoms. The second kappa shape index (κ2) is 7.56. The van der Waals surface area contributed by atoms with Gasteiger partial charge in [-0.25, -0.2) is 16.8 Å². The third-order valence-electron chi connectivity index (χ3n) is 3.79. The zero-order chi connectivity index (χ0) is 18.0. The van der Waals surface area contributed by atoms with E-state index in [1.165, 1.54) is 10.4 Å². The summed E-state index contributed by atoms with van der Waals surface area (Å²) in [7, 11) is -6.86. The van der Waals surface area contributed by atoms with Gasteiger partial charge in [-0.1, -0.05) is 37.6 Å². The molecule has 0 bridgehead atoms. The quantitative estimate of drug-likeness (QED) is 0.747. The third-order valence-corrected chi connectivity index (χ3v) is 7.37. The van der Waals surface area contributed by atoms with Crippen LogP contribution in [0, 0.1) is 5.92 Å². The number of benzene rings is 1. The maximum Gasteiger partial charge on any atom is 0.236 e. The summed E-state index contributed by atoms with van der Waals surface area (Å²) in [6, 6.07) is 6.33. The topological polar surface area (TPSA) is 71.5 Å². The van der Waals surface area contributed by atoms with Crippen molar-refractivity contribution in [1.82, 2.24) is 4.31 Å². The van der Waals surface area contributed by atoms with E-state index in [9.17, 15) is 16.8 Å². The second-order valence-electron chi connectivity index (χ2n) is 6.42. The van der Waals surface area contributed by atoms with Crippen molar-refractivity contribution < 1.29 is 16.8 Å². The van der Waals surface area contributed by atoms with Gasteiger partial charge in [0.2, 0.25) is 10.0 Å². The largest absolute Gasteiger partial charge is 0.236 e. The van der Waals surface area contributed by atoms with Crippen molar-refractivity contribution >= 4 is 37.5 Å². The third kappa shape index (κ3) is 5.31. The maximum absolute atomic E-state index is 12.7. The van der Waals surface area contributed by atoms with Gasteiger partial charge >= 0.3 is 0 Å². The molecule has 0 amide bonds. The van der Waals surface area contributed by atoms with Crippen LogP contribution in [0.3, 0.4) is 0 Å². The van der Waals surface area contributed by atoms with Crippen molar-refractivity contribution in [1.29, 1.82) is 0 Å². The molecule has 2 rings (SSSR count). The minimum Gasteiger partial charge on any atom is -0.229 e. The van der Waals surface area contributed by atoms with E-state index in [0.29, 0.717) is 23.6 Å². The lowest BCUT2D eigenvalue weighted by molar-refractivity contribution is 0.311. The van der Waals surface area contributed by atoms with Crippen LogP contribution in [0.2, 0.25) is 5.02 Å². The predicted molar refractivity (Wildman–Crippen MR) is 98.0 cm³/mol. The van der Waals surface area contributed by atoms with Crippen LogP contribution in [0.5, 0.6) is 0 Å². The van der Waals surface area contributed by atoms with Gasteiger partial charge in [0.1, 0.15) is 0 Å². The van der Waals surface area contributed by atoms with Crippen molar-refractivity contribution in [2.75, 3.05) is 18.1 Å². The monoisotopic (exact) mass is 391 g/mol. The van der Waals surface area contributed by atoms with Gasteiger partial charge in [-0.2, -0.15) is 4.31 Å². The van der Waals surface area contributed by atoms with E-state index in [1.807, 2.05) is 13.8 Å². The van der Waals surface area contributed by atoms with E-state index >= 15 is 0 Å². The average Bonchev–Trinajstić information content (AvgIpc) is 2.84. The molecule has 5 nitrogen and oxygen atoms in total. The van der Waals surface area contributed by atoms with Gasteiger partial charge < -0.3 is 0 Å². The molecular weight excluding hydrogens is 370 g/mol. The van der Waals surface area contributed by atoms with E-state index in [1.54, 1.807) is 24.3 Å². The Hall–Kier alpha value is -0.890. The number of halogens is 1. The first-order valence-corrected chi connectivity index (χ1v) is 11.5. The summed E-state index contributed by atoms with van der Waals surface area (Å²) in [4.78, 5) is 0.